The molecule has 0 heterocycles. The number of benzene rings is 1. The minimum atomic E-state index is -2.96. The van der Waals surface area contributed by atoms with Crippen molar-refractivity contribution in [1.29, 1.82) is 0 Å². The maximum absolute atomic E-state index is 11.3. The van der Waals surface area contributed by atoms with Gasteiger partial charge in [0.05, 0.1) is 5.75 Å². The van der Waals surface area contributed by atoms with Crippen molar-refractivity contribution in [1.82, 2.24) is 0 Å². The Morgan fingerprint density at radius 1 is 1.12 bits per heavy atom. The van der Waals surface area contributed by atoms with E-state index in [9.17, 15) is 8.42 Å². The second-order valence-corrected chi connectivity index (χ2v) is 6.78. The Kier molecular flexibility index (Phi) is 5.15. The number of hydrogen-bond donors (Lipinski definition) is 1. The number of aryl methyl sites for hydroxylation is 2. The van der Waals surface area contributed by atoms with E-state index in [1.165, 1.54) is 11.8 Å². The normalized spacial score (nSPS) is 11.7. The molecule has 0 saturated heterocycles. The van der Waals surface area contributed by atoms with Crippen molar-refractivity contribution in [3.63, 3.8) is 0 Å². The van der Waals surface area contributed by atoms with Crippen molar-refractivity contribution in [2.24, 2.45) is 5.73 Å². The summed E-state index contributed by atoms with van der Waals surface area (Å²) in [6.45, 7) is 2.71. The van der Waals surface area contributed by atoms with E-state index in [4.69, 9.17) is 5.73 Å². The molecule has 0 amide bonds. The lowest BCUT2D eigenvalue weighted by Crippen LogP contribution is -2.02. The van der Waals surface area contributed by atoms with E-state index in [2.05, 4.69) is 6.07 Å². The van der Waals surface area contributed by atoms with Crippen LogP contribution in [-0.2, 0) is 22.0 Å². The molecular weight excluding hydrogens is 234 g/mol. The first-order chi connectivity index (χ1) is 7.90. The Balaban J connectivity index is 2.79. The van der Waals surface area contributed by atoms with Gasteiger partial charge in [0.1, 0.15) is 0 Å². The van der Waals surface area contributed by atoms with Crippen molar-refractivity contribution in [3.8, 4) is 0 Å². The smallest absolute Gasteiger partial charge is 0.151 e. The van der Waals surface area contributed by atoms with E-state index in [1.807, 2.05) is 19.1 Å². The molecule has 0 aliphatic carbocycles. The summed E-state index contributed by atoms with van der Waals surface area (Å²) in [5.74, 6) is 0.124. The third-order valence-electron chi connectivity index (χ3n) is 2.55. The number of nitrogens with two attached hydrogens (primary N) is 1. The Hall–Kier alpha value is -0.870. The molecule has 1 rings (SSSR count). The fourth-order valence-corrected chi connectivity index (χ4v) is 2.72. The van der Waals surface area contributed by atoms with E-state index < -0.39 is 9.84 Å². The first-order valence-corrected chi connectivity index (χ1v) is 7.94. The molecule has 0 radical (unpaired) electrons. The van der Waals surface area contributed by atoms with Crippen LogP contribution in [0, 0.1) is 6.92 Å². The van der Waals surface area contributed by atoms with Crippen LogP contribution in [-0.4, -0.2) is 21.2 Å². The molecule has 0 atom stereocenters. The molecule has 2 N–H and O–H groups in total. The van der Waals surface area contributed by atoms with Gasteiger partial charge in [0.15, 0.2) is 9.84 Å². The highest BCUT2D eigenvalue weighted by molar-refractivity contribution is 7.89. The molecule has 3 nitrogen and oxygen atoms in total. The third kappa shape index (κ3) is 5.84. The van der Waals surface area contributed by atoms with E-state index in [0.29, 0.717) is 6.54 Å². The molecule has 0 spiro atoms. The van der Waals surface area contributed by atoms with Crippen LogP contribution in [0.15, 0.2) is 18.2 Å². The summed E-state index contributed by atoms with van der Waals surface area (Å²) in [5, 5.41) is 0. The predicted octanol–water partition coefficient (Wildman–Crippen LogP) is 1.82. The van der Waals surface area contributed by atoms with Crippen LogP contribution >= 0.6 is 0 Å². The zero-order chi connectivity index (χ0) is 12.9. The zero-order valence-corrected chi connectivity index (χ0v) is 11.4. The number of sulfone groups is 1. The van der Waals surface area contributed by atoms with Crippen molar-refractivity contribution in [3.05, 3.63) is 34.9 Å². The maximum atomic E-state index is 11.3. The molecule has 4 heteroatoms. The van der Waals surface area contributed by atoms with Crippen LogP contribution in [0.3, 0.4) is 0 Å². The molecule has 17 heavy (non-hydrogen) atoms. The van der Waals surface area contributed by atoms with Crippen molar-refractivity contribution < 1.29 is 8.42 Å². The van der Waals surface area contributed by atoms with Crippen LogP contribution in [0.1, 0.15) is 29.5 Å². The lowest BCUT2D eigenvalue weighted by molar-refractivity contribution is 0.601. The van der Waals surface area contributed by atoms with E-state index in [0.717, 1.165) is 30.4 Å². The summed E-state index contributed by atoms with van der Waals surface area (Å²) in [4.78, 5) is 0. The van der Waals surface area contributed by atoms with Crippen LogP contribution in [0.25, 0.3) is 0 Å². The van der Waals surface area contributed by atoms with Crippen LogP contribution in [0.4, 0.5) is 0 Å². The summed E-state index contributed by atoms with van der Waals surface area (Å²) in [5.41, 5.74) is 8.67. The maximum Gasteiger partial charge on any atom is 0.151 e. The minimum absolute atomic E-state index is 0.124. The quantitative estimate of drug-likeness (QED) is 0.789. The first kappa shape index (κ1) is 14.2. The van der Waals surface area contributed by atoms with Gasteiger partial charge >= 0.3 is 0 Å². The van der Waals surface area contributed by atoms with Crippen molar-refractivity contribution in [2.45, 2.75) is 31.9 Å². The van der Waals surface area contributed by atoms with Gasteiger partial charge in [-0.2, -0.15) is 0 Å². The SMILES string of the molecule is Cc1cc(CCCCN)cc(CS(C)(=O)=O)c1. The molecule has 0 aromatic heterocycles. The van der Waals surface area contributed by atoms with Crippen molar-refractivity contribution >= 4 is 9.84 Å². The van der Waals surface area contributed by atoms with Gasteiger partial charge in [-0.15, -0.1) is 0 Å². The average Bonchev–Trinajstić information content (AvgIpc) is 2.14. The Morgan fingerprint density at radius 3 is 2.35 bits per heavy atom. The highest BCUT2D eigenvalue weighted by Gasteiger charge is 2.06. The number of unbranched alkanes of at least 4 members (excludes halogenated alkanes) is 1. The molecule has 0 fully saturated rings. The van der Waals surface area contributed by atoms with Gasteiger partial charge < -0.3 is 5.73 Å². The second-order valence-electron chi connectivity index (χ2n) is 4.64. The molecule has 96 valence electrons. The Morgan fingerprint density at radius 2 is 1.76 bits per heavy atom. The Labute approximate surface area is 104 Å². The van der Waals surface area contributed by atoms with Gasteiger partial charge in [-0.3, -0.25) is 0 Å². The summed E-state index contributed by atoms with van der Waals surface area (Å²) in [7, 11) is -2.96. The predicted molar refractivity (Wildman–Crippen MR) is 71.7 cm³/mol. The number of rotatable bonds is 6. The molecule has 1 aromatic rings. The highest BCUT2D eigenvalue weighted by Crippen LogP contribution is 2.14. The van der Waals surface area contributed by atoms with E-state index in [-0.39, 0.29) is 5.75 Å². The second kappa shape index (κ2) is 6.17. The van der Waals surface area contributed by atoms with E-state index >= 15 is 0 Å². The molecule has 0 bridgehead atoms. The van der Waals surface area contributed by atoms with E-state index in [1.54, 1.807) is 0 Å². The fourth-order valence-electron chi connectivity index (χ4n) is 1.95. The molecule has 0 aliphatic heterocycles. The van der Waals surface area contributed by atoms with Gasteiger partial charge in [0.2, 0.25) is 0 Å². The topological polar surface area (TPSA) is 60.2 Å². The summed E-state index contributed by atoms with van der Waals surface area (Å²) >= 11 is 0. The van der Waals surface area contributed by atoms with Gasteiger partial charge in [0.25, 0.3) is 0 Å². The summed E-state index contributed by atoms with van der Waals surface area (Å²) in [6, 6.07) is 6.04. The first-order valence-electron chi connectivity index (χ1n) is 5.88. The van der Waals surface area contributed by atoms with Gasteiger partial charge in [-0.25, -0.2) is 8.42 Å². The molecular formula is C13H21NO2S. The molecule has 0 saturated carbocycles. The number of hydrogen-bond acceptors (Lipinski definition) is 3. The Bertz CT molecular complexity index is 466. The molecule has 0 aliphatic rings. The molecule has 0 unspecified atom stereocenters. The summed E-state index contributed by atoms with van der Waals surface area (Å²) < 4.78 is 22.5. The van der Waals surface area contributed by atoms with Crippen LogP contribution in [0.5, 0.6) is 0 Å². The zero-order valence-electron chi connectivity index (χ0n) is 10.6. The van der Waals surface area contributed by atoms with Crippen LogP contribution in [0.2, 0.25) is 0 Å². The standard InChI is InChI=1S/C13H21NO2S/c1-11-7-12(5-3-4-6-14)9-13(8-11)10-17(2,15)16/h7-9H,3-6,10,14H2,1-2H3. The van der Waals surface area contributed by atoms with Crippen LogP contribution < -0.4 is 5.73 Å². The monoisotopic (exact) mass is 255 g/mol. The largest absolute Gasteiger partial charge is 0.330 e. The van der Waals surface area contributed by atoms with Gasteiger partial charge in [-0.05, 0) is 43.9 Å². The van der Waals surface area contributed by atoms with Gasteiger partial charge in [0, 0.05) is 6.26 Å². The molecule has 1 aromatic carbocycles. The summed E-state index contributed by atoms with van der Waals surface area (Å²) in [6.07, 6.45) is 4.30. The third-order valence-corrected chi connectivity index (χ3v) is 3.40. The minimum Gasteiger partial charge on any atom is -0.330 e. The van der Waals surface area contributed by atoms with Gasteiger partial charge in [-0.1, -0.05) is 23.8 Å². The fraction of sp³-hybridized carbons (Fsp3) is 0.538. The lowest BCUT2D eigenvalue weighted by atomic mass is 10.0. The lowest BCUT2D eigenvalue weighted by Gasteiger charge is -2.07. The van der Waals surface area contributed by atoms with Crippen molar-refractivity contribution in [2.75, 3.05) is 12.8 Å². The highest BCUT2D eigenvalue weighted by atomic mass is 32.2. The average molecular weight is 255 g/mol.